The van der Waals surface area contributed by atoms with E-state index >= 15 is 0 Å². The average Bonchev–Trinajstić information content (AvgIpc) is 3.01. The fourth-order valence-electron chi connectivity index (χ4n) is 3.68. The Kier molecular flexibility index (Phi) is 8.83. The first-order valence-electron chi connectivity index (χ1n) is 9.27. The highest BCUT2D eigenvalue weighted by Crippen LogP contribution is 2.31. The lowest BCUT2D eigenvalue weighted by Gasteiger charge is -2.37. The Balaban J connectivity index is 0.00000210. The van der Waals surface area contributed by atoms with Gasteiger partial charge in [0.2, 0.25) is 0 Å². The van der Waals surface area contributed by atoms with Crippen molar-refractivity contribution in [3.8, 4) is 10.6 Å². The van der Waals surface area contributed by atoms with Crippen LogP contribution in [-0.4, -0.2) is 44.7 Å². The largest absolute Gasteiger partial charge is 0.334 e. The molecule has 10 heteroatoms. The molecule has 2 aromatic rings. The maximum atomic E-state index is 13.2. The molecule has 1 aliphatic rings. The molecule has 0 aliphatic carbocycles. The number of hydrogen-bond donors (Lipinski definition) is 1. The van der Waals surface area contributed by atoms with Gasteiger partial charge in [-0.1, -0.05) is 6.92 Å². The Hall–Kier alpha value is -1.48. The van der Waals surface area contributed by atoms with Crippen LogP contribution >= 0.6 is 36.2 Å². The minimum Gasteiger partial charge on any atom is -0.334 e. The van der Waals surface area contributed by atoms with Crippen LogP contribution in [0.3, 0.4) is 0 Å². The van der Waals surface area contributed by atoms with Crippen LogP contribution in [0.1, 0.15) is 46.4 Å². The molecule has 7 nitrogen and oxygen atoms in total. The Bertz CT molecular complexity index is 943. The lowest BCUT2D eigenvalue weighted by atomic mass is 9.92. The normalized spacial score (nSPS) is 18.8. The second kappa shape index (κ2) is 10.0. The summed E-state index contributed by atoms with van der Waals surface area (Å²) in [7, 11) is 1.63. The van der Waals surface area contributed by atoms with Gasteiger partial charge in [-0.2, -0.15) is 5.10 Å². The van der Waals surface area contributed by atoms with Crippen LogP contribution in [0.15, 0.2) is 4.79 Å². The van der Waals surface area contributed by atoms with E-state index in [4.69, 9.17) is 5.73 Å². The summed E-state index contributed by atoms with van der Waals surface area (Å²) in [6.07, 6.45) is 1.91. The number of likely N-dealkylation sites (tertiary alicyclic amines) is 1. The molecule has 0 bridgehead atoms. The number of thiazole rings is 1. The van der Waals surface area contributed by atoms with Crippen molar-refractivity contribution < 1.29 is 4.79 Å². The summed E-state index contributed by atoms with van der Waals surface area (Å²) in [4.78, 5) is 32.9. The zero-order valence-electron chi connectivity index (χ0n) is 17.4. The van der Waals surface area contributed by atoms with Crippen LogP contribution in [0.25, 0.3) is 10.6 Å². The van der Waals surface area contributed by atoms with E-state index in [-0.39, 0.29) is 42.3 Å². The molecule has 2 aromatic heterocycles. The second-order valence-electron chi connectivity index (χ2n) is 7.47. The Morgan fingerprint density at radius 2 is 1.90 bits per heavy atom. The summed E-state index contributed by atoms with van der Waals surface area (Å²) < 4.78 is 1.33. The summed E-state index contributed by atoms with van der Waals surface area (Å²) in [5.41, 5.74) is 8.49. The van der Waals surface area contributed by atoms with E-state index in [1.165, 1.54) is 16.0 Å². The number of nitrogens with two attached hydrogens (primary N) is 1. The number of carbonyl (C=O) groups excluding carboxylic acids is 1. The highest BCUT2D eigenvalue weighted by Gasteiger charge is 2.32. The molecule has 3 heterocycles. The summed E-state index contributed by atoms with van der Waals surface area (Å²) >= 11 is 1.29. The summed E-state index contributed by atoms with van der Waals surface area (Å²) in [6, 6.07) is 0.0592. The van der Waals surface area contributed by atoms with Gasteiger partial charge in [0.05, 0.1) is 17.0 Å². The zero-order chi connectivity index (χ0) is 19.9. The first-order chi connectivity index (χ1) is 12.7. The van der Waals surface area contributed by atoms with Gasteiger partial charge in [-0.05, 0) is 45.1 Å². The van der Waals surface area contributed by atoms with E-state index in [2.05, 4.69) is 17.0 Å². The quantitative estimate of drug-likeness (QED) is 0.757. The summed E-state index contributed by atoms with van der Waals surface area (Å²) in [5.74, 6) is 0.546. The molecular weight excluding hydrogens is 433 g/mol. The molecule has 29 heavy (non-hydrogen) atoms. The number of carbonyl (C=O) groups is 1. The van der Waals surface area contributed by atoms with Crippen molar-refractivity contribution in [2.45, 2.75) is 46.6 Å². The predicted octanol–water partition coefficient (Wildman–Crippen LogP) is 2.87. The third kappa shape index (κ3) is 4.82. The molecule has 0 aromatic carbocycles. The van der Waals surface area contributed by atoms with Gasteiger partial charge in [0.15, 0.2) is 0 Å². The first-order valence-corrected chi connectivity index (χ1v) is 10.1. The zero-order valence-corrected chi connectivity index (χ0v) is 19.8. The van der Waals surface area contributed by atoms with Crippen molar-refractivity contribution in [1.29, 1.82) is 0 Å². The van der Waals surface area contributed by atoms with E-state index < -0.39 is 0 Å². The highest BCUT2D eigenvalue weighted by atomic mass is 35.5. The number of aryl methyl sites for hydroxylation is 3. The summed E-state index contributed by atoms with van der Waals surface area (Å²) in [6.45, 7) is 8.93. The number of hydrogen-bond acceptors (Lipinski definition) is 6. The van der Waals surface area contributed by atoms with E-state index in [9.17, 15) is 9.59 Å². The van der Waals surface area contributed by atoms with Gasteiger partial charge < -0.3 is 10.6 Å². The van der Waals surface area contributed by atoms with Crippen molar-refractivity contribution in [2.75, 3.05) is 13.1 Å². The van der Waals surface area contributed by atoms with E-state index in [1.807, 2.05) is 25.7 Å². The maximum Gasteiger partial charge on any atom is 0.277 e. The predicted molar refractivity (Wildman–Crippen MR) is 122 cm³/mol. The van der Waals surface area contributed by atoms with Crippen molar-refractivity contribution >= 4 is 42.1 Å². The minimum atomic E-state index is -0.197. The molecule has 1 amide bonds. The van der Waals surface area contributed by atoms with Crippen molar-refractivity contribution in [1.82, 2.24) is 19.7 Å². The van der Waals surface area contributed by atoms with Gasteiger partial charge >= 0.3 is 0 Å². The van der Waals surface area contributed by atoms with E-state index in [0.717, 1.165) is 24.1 Å². The number of halogens is 2. The molecule has 2 N–H and O–H groups in total. The molecule has 0 radical (unpaired) electrons. The minimum absolute atomic E-state index is 0. The van der Waals surface area contributed by atoms with Crippen LogP contribution in [0.2, 0.25) is 0 Å². The number of nitrogens with zero attached hydrogens (tertiary/aromatic N) is 4. The molecule has 1 saturated heterocycles. The SMILES string of the molecule is Cc1nc(-c2c(C)c(C)nn(C)c2=O)sc1C(=O)N1CCC(C)CC1CN.Cl.Cl. The average molecular weight is 462 g/mol. The molecular formula is C19H29Cl2N5O2S. The van der Waals surface area contributed by atoms with Gasteiger partial charge in [-0.3, -0.25) is 9.59 Å². The standard InChI is InChI=1S/C19H27N5O2S.2ClH/c1-10-6-7-24(14(8-10)9-20)19(26)16-13(4)21-17(27-16)15-11(2)12(3)22-23(5)18(15)25;;/h10,14H,6-9,20H2,1-5H3;2*1H. The smallest absolute Gasteiger partial charge is 0.277 e. The molecule has 162 valence electrons. The molecule has 0 saturated carbocycles. The molecule has 2 atom stereocenters. The molecule has 3 rings (SSSR count). The Morgan fingerprint density at radius 3 is 2.52 bits per heavy atom. The van der Waals surface area contributed by atoms with Crippen LogP contribution in [0.5, 0.6) is 0 Å². The fourth-order valence-corrected chi connectivity index (χ4v) is 4.79. The molecule has 2 unspecified atom stereocenters. The molecule has 1 fully saturated rings. The number of rotatable bonds is 3. The Labute approximate surface area is 187 Å². The van der Waals surface area contributed by atoms with Gasteiger partial charge in [-0.15, -0.1) is 36.2 Å². The van der Waals surface area contributed by atoms with E-state index in [1.54, 1.807) is 7.05 Å². The van der Waals surface area contributed by atoms with Crippen LogP contribution in [0.4, 0.5) is 0 Å². The number of piperidine rings is 1. The van der Waals surface area contributed by atoms with Crippen molar-refractivity contribution in [3.63, 3.8) is 0 Å². The van der Waals surface area contributed by atoms with Gasteiger partial charge in [0.1, 0.15) is 9.88 Å². The monoisotopic (exact) mass is 461 g/mol. The maximum absolute atomic E-state index is 13.2. The van der Waals surface area contributed by atoms with Gasteiger partial charge in [-0.25, -0.2) is 9.67 Å². The lowest BCUT2D eigenvalue weighted by molar-refractivity contribution is 0.0577. The molecule has 0 spiro atoms. The number of amides is 1. The van der Waals surface area contributed by atoms with Crippen molar-refractivity contribution in [2.24, 2.45) is 18.7 Å². The summed E-state index contributed by atoms with van der Waals surface area (Å²) in [5, 5.41) is 4.79. The lowest BCUT2D eigenvalue weighted by Crippen LogP contribution is -2.49. The van der Waals surface area contributed by atoms with Gasteiger partial charge in [0.25, 0.3) is 11.5 Å². The topological polar surface area (TPSA) is 94.1 Å². The second-order valence-corrected chi connectivity index (χ2v) is 8.46. The fraction of sp³-hybridized carbons (Fsp3) is 0.579. The molecule has 1 aliphatic heterocycles. The van der Waals surface area contributed by atoms with Crippen LogP contribution in [0, 0.1) is 26.7 Å². The van der Waals surface area contributed by atoms with Gasteiger partial charge in [0, 0.05) is 26.2 Å². The third-order valence-electron chi connectivity index (χ3n) is 5.44. The third-order valence-corrected chi connectivity index (χ3v) is 6.60. The van der Waals surface area contributed by atoms with E-state index in [0.29, 0.717) is 40.1 Å². The van der Waals surface area contributed by atoms with Crippen LogP contribution < -0.4 is 11.3 Å². The van der Waals surface area contributed by atoms with Crippen molar-refractivity contribution in [3.05, 3.63) is 32.2 Å². The Morgan fingerprint density at radius 1 is 1.24 bits per heavy atom. The first kappa shape index (κ1) is 25.6. The van der Waals surface area contributed by atoms with Crippen LogP contribution in [-0.2, 0) is 7.05 Å². The number of aromatic nitrogens is 3. The highest BCUT2D eigenvalue weighted by molar-refractivity contribution is 7.17.